The molecule has 5 rings (SSSR count). The van der Waals surface area contributed by atoms with Crippen LogP contribution in [0.1, 0.15) is 96.1 Å². The Balaban J connectivity index is 0.000000207. The van der Waals surface area contributed by atoms with Gasteiger partial charge >= 0.3 is 0 Å². The summed E-state index contributed by atoms with van der Waals surface area (Å²) in [4.78, 5) is 12.9. The van der Waals surface area contributed by atoms with Crippen LogP contribution in [-0.4, -0.2) is 15.0 Å². The van der Waals surface area contributed by atoms with Crippen LogP contribution in [0.15, 0.2) is 127 Å². The number of allylic oxidation sites excluding steroid dienone is 7. The van der Waals surface area contributed by atoms with Crippen molar-refractivity contribution in [3.63, 3.8) is 0 Å². The molecule has 0 radical (unpaired) electrons. The van der Waals surface area contributed by atoms with Crippen LogP contribution in [-0.2, 0) is 0 Å². The summed E-state index contributed by atoms with van der Waals surface area (Å²) in [6, 6.07) is 18.2. The van der Waals surface area contributed by atoms with Crippen molar-refractivity contribution in [2.24, 2.45) is 11.8 Å². The van der Waals surface area contributed by atoms with Crippen LogP contribution < -0.4 is 0 Å². The summed E-state index contributed by atoms with van der Waals surface area (Å²) in [6.07, 6.45) is 20.9. The Morgan fingerprint density at radius 2 is 1.19 bits per heavy atom. The Hall–Kier alpha value is -3.85. The minimum Gasteiger partial charge on any atom is -0.261 e. The summed E-state index contributed by atoms with van der Waals surface area (Å²) in [6.45, 7) is 20.2. The fourth-order valence-corrected chi connectivity index (χ4v) is 5.39. The number of nitrogens with zero attached hydrogens (tertiary/aromatic N) is 3. The van der Waals surface area contributed by atoms with Crippen LogP contribution in [0.5, 0.6) is 0 Å². The first-order chi connectivity index (χ1) is 20.2. The van der Waals surface area contributed by atoms with E-state index in [2.05, 4.69) is 92.2 Å². The van der Waals surface area contributed by atoms with Gasteiger partial charge in [-0.3, -0.25) is 15.0 Å². The predicted molar refractivity (Wildman–Crippen MR) is 182 cm³/mol. The predicted octanol–water partition coefficient (Wildman–Crippen LogP) is 10.9. The van der Waals surface area contributed by atoms with Gasteiger partial charge < -0.3 is 0 Å². The third-order valence-corrected chi connectivity index (χ3v) is 7.55. The first-order valence-corrected chi connectivity index (χ1v) is 15.2. The van der Waals surface area contributed by atoms with Crippen molar-refractivity contribution in [2.45, 2.75) is 79.1 Å². The van der Waals surface area contributed by atoms with Gasteiger partial charge in [0.25, 0.3) is 0 Å². The summed E-state index contributed by atoms with van der Waals surface area (Å²) in [7, 11) is 0. The summed E-state index contributed by atoms with van der Waals surface area (Å²) < 4.78 is 0. The van der Waals surface area contributed by atoms with Crippen molar-refractivity contribution in [3.05, 3.63) is 144 Å². The molecule has 0 spiro atoms. The van der Waals surface area contributed by atoms with Crippen LogP contribution in [0.25, 0.3) is 6.08 Å². The van der Waals surface area contributed by atoms with E-state index in [1.165, 1.54) is 48.2 Å². The second-order valence-corrected chi connectivity index (χ2v) is 11.3. The molecule has 3 heterocycles. The summed E-state index contributed by atoms with van der Waals surface area (Å²) in [5, 5.41) is 0. The van der Waals surface area contributed by atoms with E-state index >= 15 is 0 Å². The van der Waals surface area contributed by atoms with Gasteiger partial charge in [0.05, 0.1) is 5.69 Å². The van der Waals surface area contributed by atoms with Gasteiger partial charge in [-0.1, -0.05) is 86.2 Å². The SMILES string of the molecule is C=C(C)/C=C/C.C=Cc1ccccn1.CC1=CC(C)C(c2ccccn2)CC1.CC1=CC(C)C(c2ccccn2)CC1. The first kappa shape index (κ1) is 34.4. The zero-order valence-electron chi connectivity index (χ0n) is 26.7. The second-order valence-electron chi connectivity index (χ2n) is 11.3. The van der Waals surface area contributed by atoms with E-state index in [0.29, 0.717) is 23.7 Å². The fraction of sp³-hybridized carbons (Fsp3) is 0.359. The molecule has 0 amide bonds. The van der Waals surface area contributed by atoms with Gasteiger partial charge in [-0.25, -0.2) is 0 Å². The Labute approximate surface area is 256 Å². The lowest BCUT2D eigenvalue weighted by Crippen LogP contribution is -2.13. The molecule has 3 aromatic heterocycles. The van der Waals surface area contributed by atoms with Crippen molar-refractivity contribution in [1.82, 2.24) is 15.0 Å². The molecule has 4 atom stereocenters. The number of hydrogen-bond donors (Lipinski definition) is 0. The minimum atomic E-state index is 0.625. The Morgan fingerprint density at radius 1 is 0.738 bits per heavy atom. The van der Waals surface area contributed by atoms with E-state index in [4.69, 9.17) is 0 Å². The topological polar surface area (TPSA) is 38.7 Å². The van der Waals surface area contributed by atoms with Crippen LogP contribution >= 0.6 is 0 Å². The fourth-order valence-electron chi connectivity index (χ4n) is 5.39. The second kappa shape index (κ2) is 19.3. The Kier molecular flexibility index (Phi) is 15.8. The Bertz CT molecular complexity index is 1200. The zero-order valence-corrected chi connectivity index (χ0v) is 26.7. The standard InChI is InChI=1S/2C13H17N.C7H7N.C6H10/c2*1-10-6-7-12(11(2)9-10)13-5-3-4-8-14-13;1-2-7-5-3-4-6-8-7;1-4-5-6(2)3/h2*3-5,8-9,11-12H,6-7H2,1-2H3;2-6H,1H2;4-5H,2H2,1,3H3/b;;;5-4+. The molecule has 42 heavy (non-hydrogen) atoms. The van der Waals surface area contributed by atoms with Crippen molar-refractivity contribution in [1.29, 1.82) is 0 Å². The highest BCUT2D eigenvalue weighted by atomic mass is 14.7. The van der Waals surface area contributed by atoms with Gasteiger partial charge in [0.2, 0.25) is 0 Å². The molecule has 222 valence electrons. The van der Waals surface area contributed by atoms with Crippen LogP contribution in [0.4, 0.5) is 0 Å². The summed E-state index contributed by atoms with van der Waals surface area (Å²) >= 11 is 0. The highest BCUT2D eigenvalue weighted by Crippen LogP contribution is 2.36. The van der Waals surface area contributed by atoms with Crippen molar-refractivity contribution in [3.8, 4) is 0 Å². The minimum absolute atomic E-state index is 0.625. The molecule has 2 aliphatic rings. The lowest BCUT2D eigenvalue weighted by atomic mass is 9.80. The molecule has 4 unspecified atom stereocenters. The van der Waals surface area contributed by atoms with Crippen molar-refractivity contribution >= 4 is 6.08 Å². The van der Waals surface area contributed by atoms with E-state index in [-0.39, 0.29) is 0 Å². The van der Waals surface area contributed by atoms with Gasteiger partial charge in [0, 0.05) is 41.8 Å². The molecule has 3 nitrogen and oxygen atoms in total. The molecule has 0 N–H and O–H groups in total. The molecular weight excluding hydrogens is 510 g/mol. The average Bonchev–Trinajstić information content (AvgIpc) is 2.99. The molecule has 3 heteroatoms. The molecular formula is C39H51N3. The summed E-state index contributed by atoms with van der Waals surface area (Å²) in [5.74, 6) is 2.53. The van der Waals surface area contributed by atoms with E-state index in [1.807, 2.05) is 68.7 Å². The van der Waals surface area contributed by atoms with Crippen molar-refractivity contribution < 1.29 is 0 Å². The van der Waals surface area contributed by atoms with E-state index in [9.17, 15) is 0 Å². The van der Waals surface area contributed by atoms with E-state index in [0.717, 1.165) is 11.3 Å². The van der Waals surface area contributed by atoms with E-state index in [1.54, 1.807) is 12.3 Å². The molecule has 0 bridgehead atoms. The zero-order chi connectivity index (χ0) is 30.7. The summed E-state index contributed by atoms with van der Waals surface area (Å²) in [5.41, 5.74) is 7.60. The quantitative estimate of drug-likeness (QED) is 0.235. The van der Waals surface area contributed by atoms with Crippen LogP contribution in [0.3, 0.4) is 0 Å². The molecule has 0 fully saturated rings. The van der Waals surface area contributed by atoms with Crippen molar-refractivity contribution in [2.75, 3.05) is 0 Å². The molecule has 0 saturated carbocycles. The first-order valence-electron chi connectivity index (χ1n) is 15.2. The van der Waals surface area contributed by atoms with Gasteiger partial charge in [-0.15, -0.1) is 0 Å². The Morgan fingerprint density at radius 3 is 1.45 bits per heavy atom. The van der Waals surface area contributed by atoms with Gasteiger partial charge in [0.15, 0.2) is 0 Å². The largest absolute Gasteiger partial charge is 0.261 e. The molecule has 2 aliphatic carbocycles. The highest BCUT2D eigenvalue weighted by Gasteiger charge is 2.23. The molecule has 0 aromatic carbocycles. The monoisotopic (exact) mass is 561 g/mol. The number of pyridine rings is 3. The van der Waals surface area contributed by atoms with Crippen LogP contribution in [0.2, 0.25) is 0 Å². The maximum Gasteiger partial charge on any atom is 0.0623 e. The molecule has 3 aromatic rings. The number of rotatable bonds is 4. The maximum absolute atomic E-state index is 4.45. The third kappa shape index (κ3) is 12.8. The maximum atomic E-state index is 4.45. The van der Waals surface area contributed by atoms with E-state index < -0.39 is 0 Å². The van der Waals surface area contributed by atoms with Gasteiger partial charge in [-0.05, 0) is 108 Å². The molecule has 0 aliphatic heterocycles. The lowest BCUT2D eigenvalue weighted by molar-refractivity contribution is 0.470. The molecule has 0 saturated heterocycles. The number of aromatic nitrogens is 3. The lowest BCUT2D eigenvalue weighted by Gasteiger charge is -2.26. The average molecular weight is 562 g/mol. The van der Waals surface area contributed by atoms with Crippen LogP contribution in [0, 0.1) is 11.8 Å². The third-order valence-electron chi connectivity index (χ3n) is 7.55. The van der Waals surface area contributed by atoms with Gasteiger partial charge in [0.1, 0.15) is 0 Å². The highest BCUT2D eigenvalue weighted by molar-refractivity contribution is 5.40. The normalized spacial score (nSPS) is 21.1. The number of hydrogen-bond acceptors (Lipinski definition) is 3. The van der Waals surface area contributed by atoms with Gasteiger partial charge in [-0.2, -0.15) is 0 Å². The smallest absolute Gasteiger partial charge is 0.0623 e.